The highest BCUT2D eigenvalue weighted by Gasteiger charge is 2.30. The lowest BCUT2D eigenvalue weighted by atomic mass is 10.0. The predicted octanol–water partition coefficient (Wildman–Crippen LogP) is 2.59. The zero-order valence-electron chi connectivity index (χ0n) is 12.8. The van der Waals surface area contributed by atoms with E-state index in [-0.39, 0.29) is 11.9 Å². The molecule has 1 aromatic heterocycles. The number of rotatable bonds is 4. The second kappa shape index (κ2) is 6.60. The van der Waals surface area contributed by atoms with E-state index in [1.807, 2.05) is 18.0 Å². The molecule has 1 aliphatic carbocycles. The zero-order valence-corrected chi connectivity index (χ0v) is 12.8. The van der Waals surface area contributed by atoms with Crippen LogP contribution in [0.1, 0.15) is 56.1 Å². The average molecular weight is 291 g/mol. The predicted molar refractivity (Wildman–Crippen MR) is 79.8 cm³/mol. The van der Waals surface area contributed by atoms with Crippen LogP contribution in [-0.2, 0) is 9.53 Å². The van der Waals surface area contributed by atoms with Gasteiger partial charge in [0.2, 0.25) is 5.91 Å². The lowest BCUT2D eigenvalue weighted by Gasteiger charge is -2.34. The number of H-pyrrole nitrogens is 1. The van der Waals surface area contributed by atoms with Crippen LogP contribution in [0.5, 0.6) is 0 Å². The fourth-order valence-corrected chi connectivity index (χ4v) is 3.50. The van der Waals surface area contributed by atoms with Crippen molar-refractivity contribution in [1.82, 2.24) is 14.9 Å². The zero-order chi connectivity index (χ0) is 14.7. The molecule has 0 aromatic carbocycles. The summed E-state index contributed by atoms with van der Waals surface area (Å²) < 4.78 is 5.55. The molecule has 0 bridgehead atoms. The second-order valence-corrected chi connectivity index (χ2v) is 6.32. The Morgan fingerprint density at radius 1 is 1.48 bits per heavy atom. The number of carbonyl (C=O) groups is 1. The molecule has 2 heterocycles. The van der Waals surface area contributed by atoms with Gasteiger partial charge in [0.25, 0.3) is 0 Å². The number of aromatic nitrogens is 2. The Morgan fingerprint density at radius 2 is 2.29 bits per heavy atom. The van der Waals surface area contributed by atoms with Crippen LogP contribution < -0.4 is 0 Å². The van der Waals surface area contributed by atoms with Gasteiger partial charge in [-0.25, -0.2) is 4.98 Å². The molecule has 1 aliphatic heterocycles. The van der Waals surface area contributed by atoms with Crippen LogP contribution in [0.2, 0.25) is 0 Å². The third-order valence-corrected chi connectivity index (χ3v) is 4.73. The molecule has 1 saturated heterocycles. The van der Waals surface area contributed by atoms with Crippen molar-refractivity contribution in [2.75, 3.05) is 19.8 Å². The minimum Gasteiger partial charge on any atom is -0.377 e. The number of ether oxygens (including phenoxy) is 1. The topological polar surface area (TPSA) is 58.2 Å². The second-order valence-electron chi connectivity index (χ2n) is 6.32. The van der Waals surface area contributed by atoms with E-state index >= 15 is 0 Å². The van der Waals surface area contributed by atoms with E-state index in [4.69, 9.17) is 4.74 Å². The van der Waals surface area contributed by atoms with Crippen LogP contribution in [0.15, 0.2) is 6.20 Å². The van der Waals surface area contributed by atoms with Crippen LogP contribution in [0.25, 0.3) is 0 Å². The minimum absolute atomic E-state index is 0.0523. The summed E-state index contributed by atoms with van der Waals surface area (Å²) in [6.45, 7) is 3.83. The number of imidazole rings is 1. The molecule has 21 heavy (non-hydrogen) atoms. The maximum Gasteiger partial charge on any atom is 0.223 e. The summed E-state index contributed by atoms with van der Waals surface area (Å²) in [5.74, 6) is 1.87. The molecule has 1 atom stereocenters. The number of carbonyl (C=O) groups excluding carboxylic acids is 1. The maximum atomic E-state index is 12.6. The highest BCUT2D eigenvalue weighted by atomic mass is 16.5. The van der Waals surface area contributed by atoms with Gasteiger partial charge in [0.05, 0.1) is 13.2 Å². The van der Waals surface area contributed by atoms with E-state index in [2.05, 4.69) is 9.97 Å². The number of nitrogens with zero attached hydrogens (tertiary/aromatic N) is 2. The molecule has 116 valence electrons. The van der Waals surface area contributed by atoms with Crippen LogP contribution in [0, 0.1) is 12.8 Å². The summed E-state index contributed by atoms with van der Waals surface area (Å²) in [7, 11) is 0. The van der Waals surface area contributed by atoms with Crippen LogP contribution in [0.3, 0.4) is 0 Å². The Morgan fingerprint density at radius 3 is 3.00 bits per heavy atom. The van der Waals surface area contributed by atoms with E-state index < -0.39 is 0 Å². The van der Waals surface area contributed by atoms with Gasteiger partial charge < -0.3 is 14.6 Å². The van der Waals surface area contributed by atoms with Gasteiger partial charge in [0.1, 0.15) is 11.9 Å². The number of nitrogens with one attached hydrogen (secondary N) is 1. The van der Waals surface area contributed by atoms with Gasteiger partial charge in [-0.15, -0.1) is 0 Å². The lowest BCUT2D eigenvalue weighted by molar-refractivity contribution is -0.140. The Balaban J connectivity index is 1.61. The smallest absolute Gasteiger partial charge is 0.223 e. The fraction of sp³-hybridized carbons (Fsp3) is 0.750. The number of aryl methyl sites for hydroxylation is 1. The van der Waals surface area contributed by atoms with Gasteiger partial charge in [-0.2, -0.15) is 0 Å². The van der Waals surface area contributed by atoms with E-state index in [9.17, 15) is 4.79 Å². The van der Waals surface area contributed by atoms with Crippen molar-refractivity contribution in [3.8, 4) is 0 Å². The van der Waals surface area contributed by atoms with Crippen molar-refractivity contribution in [3.63, 3.8) is 0 Å². The number of aromatic amines is 1. The first-order valence-electron chi connectivity index (χ1n) is 8.13. The maximum absolute atomic E-state index is 12.6. The molecule has 0 radical (unpaired) electrons. The average Bonchev–Trinajstić information content (AvgIpc) is 3.16. The molecule has 1 saturated carbocycles. The molecule has 1 N–H and O–H groups in total. The first-order valence-corrected chi connectivity index (χ1v) is 8.13. The standard InChI is InChI=1S/C16H25N3O2/c1-12-10-17-16(18-12)14-11-21-9-8-19(14)15(20)7-6-13-4-2-3-5-13/h10,13-14H,2-9,11H2,1H3,(H,17,18). The van der Waals surface area contributed by atoms with E-state index in [1.165, 1.54) is 25.7 Å². The first-order chi connectivity index (χ1) is 10.2. The molecule has 1 amide bonds. The number of amides is 1. The molecule has 5 nitrogen and oxygen atoms in total. The van der Waals surface area contributed by atoms with Gasteiger partial charge in [0.15, 0.2) is 0 Å². The Labute approximate surface area is 126 Å². The number of hydrogen-bond acceptors (Lipinski definition) is 3. The summed E-state index contributed by atoms with van der Waals surface area (Å²) in [4.78, 5) is 22.2. The normalized spacial score (nSPS) is 23.7. The van der Waals surface area contributed by atoms with Gasteiger partial charge in [-0.05, 0) is 19.3 Å². The van der Waals surface area contributed by atoms with Crippen LogP contribution in [-0.4, -0.2) is 40.5 Å². The lowest BCUT2D eigenvalue weighted by Crippen LogP contribution is -2.43. The van der Waals surface area contributed by atoms with Gasteiger partial charge >= 0.3 is 0 Å². The summed E-state index contributed by atoms with van der Waals surface area (Å²) in [6, 6.07) is -0.0523. The number of morpholine rings is 1. The van der Waals surface area contributed by atoms with Crippen molar-refractivity contribution in [2.45, 2.75) is 51.5 Å². The van der Waals surface area contributed by atoms with E-state index in [0.29, 0.717) is 26.2 Å². The molecule has 0 spiro atoms. The molecule has 2 aliphatic rings. The van der Waals surface area contributed by atoms with Crippen LogP contribution in [0.4, 0.5) is 0 Å². The van der Waals surface area contributed by atoms with Gasteiger partial charge in [-0.3, -0.25) is 4.79 Å². The summed E-state index contributed by atoms with van der Waals surface area (Å²) in [5, 5.41) is 0. The molecular weight excluding hydrogens is 266 g/mol. The molecule has 1 unspecified atom stereocenters. The summed E-state index contributed by atoms with van der Waals surface area (Å²) in [6.07, 6.45) is 8.80. The third kappa shape index (κ3) is 3.46. The monoisotopic (exact) mass is 291 g/mol. The van der Waals surface area contributed by atoms with Gasteiger partial charge in [-0.1, -0.05) is 25.7 Å². The van der Waals surface area contributed by atoms with Crippen molar-refractivity contribution in [1.29, 1.82) is 0 Å². The van der Waals surface area contributed by atoms with Crippen LogP contribution >= 0.6 is 0 Å². The molecule has 3 rings (SSSR count). The molecular formula is C16H25N3O2. The van der Waals surface area contributed by atoms with Crippen molar-refractivity contribution in [2.24, 2.45) is 5.92 Å². The van der Waals surface area contributed by atoms with Gasteiger partial charge in [0, 0.05) is 24.9 Å². The van der Waals surface area contributed by atoms with E-state index in [1.54, 1.807) is 0 Å². The Kier molecular flexibility index (Phi) is 4.58. The quantitative estimate of drug-likeness (QED) is 0.927. The molecule has 2 fully saturated rings. The first kappa shape index (κ1) is 14.6. The summed E-state index contributed by atoms with van der Waals surface area (Å²) in [5.41, 5.74) is 1.02. The minimum atomic E-state index is -0.0523. The summed E-state index contributed by atoms with van der Waals surface area (Å²) >= 11 is 0. The van der Waals surface area contributed by atoms with E-state index in [0.717, 1.165) is 23.9 Å². The molecule has 1 aromatic rings. The van der Waals surface area contributed by atoms with Crippen molar-refractivity contribution < 1.29 is 9.53 Å². The number of hydrogen-bond donors (Lipinski definition) is 1. The molecule has 5 heteroatoms. The Hall–Kier alpha value is -1.36. The fourth-order valence-electron chi connectivity index (χ4n) is 3.50. The highest BCUT2D eigenvalue weighted by molar-refractivity contribution is 5.76. The SMILES string of the molecule is Cc1cnc(C2COCCN2C(=O)CCC2CCCC2)[nH]1. The third-order valence-electron chi connectivity index (χ3n) is 4.73. The van der Waals surface area contributed by atoms with Crippen molar-refractivity contribution >= 4 is 5.91 Å². The largest absolute Gasteiger partial charge is 0.377 e. The Bertz CT molecular complexity index is 480. The highest BCUT2D eigenvalue weighted by Crippen LogP contribution is 2.30. The van der Waals surface area contributed by atoms with Crippen molar-refractivity contribution in [3.05, 3.63) is 17.7 Å².